The average Bonchev–Trinajstić information content (AvgIpc) is 2.29. The number of piperazine rings is 1. The predicted molar refractivity (Wildman–Crippen MR) is 64.9 cm³/mol. The van der Waals surface area contributed by atoms with E-state index in [2.05, 4.69) is 12.2 Å². The quantitative estimate of drug-likeness (QED) is 0.746. The lowest BCUT2D eigenvalue weighted by molar-refractivity contribution is -0.147. The molecule has 0 radical (unpaired) electrons. The SMILES string of the molecule is CC1CN(C(=O)C2CCCCO2)CCN1.Cl. The largest absolute Gasteiger partial charge is 0.368 e. The van der Waals surface area contributed by atoms with E-state index in [4.69, 9.17) is 4.74 Å². The Morgan fingerprint density at radius 1 is 1.44 bits per heavy atom. The van der Waals surface area contributed by atoms with E-state index >= 15 is 0 Å². The second-order valence-electron chi connectivity index (χ2n) is 4.49. The van der Waals surface area contributed by atoms with Gasteiger partial charge < -0.3 is 15.0 Å². The molecule has 0 spiro atoms. The van der Waals surface area contributed by atoms with Crippen LogP contribution in [-0.4, -0.2) is 49.2 Å². The third-order valence-electron chi connectivity index (χ3n) is 3.14. The van der Waals surface area contributed by atoms with E-state index < -0.39 is 0 Å². The van der Waals surface area contributed by atoms with Gasteiger partial charge in [-0.3, -0.25) is 4.79 Å². The number of hydrogen-bond acceptors (Lipinski definition) is 3. The highest BCUT2D eigenvalue weighted by Gasteiger charge is 2.28. The number of hydrogen-bond donors (Lipinski definition) is 1. The van der Waals surface area contributed by atoms with E-state index in [0.29, 0.717) is 6.04 Å². The Hall–Kier alpha value is -0.320. The molecule has 2 saturated heterocycles. The van der Waals surface area contributed by atoms with Gasteiger partial charge in [-0.2, -0.15) is 0 Å². The molecule has 0 aromatic carbocycles. The molecule has 2 aliphatic rings. The summed E-state index contributed by atoms with van der Waals surface area (Å²) in [5.74, 6) is 0.197. The summed E-state index contributed by atoms with van der Waals surface area (Å²) in [5.41, 5.74) is 0. The lowest BCUT2D eigenvalue weighted by atomic mass is 10.1. The van der Waals surface area contributed by atoms with Crippen molar-refractivity contribution in [1.29, 1.82) is 0 Å². The van der Waals surface area contributed by atoms with Crippen LogP contribution < -0.4 is 5.32 Å². The summed E-state index contributed by atoms with van der Waals surface area (Å²) in [4.78, 5) is 14.0. The van der Waals surface area contributed by atoms with Crippen LogP contribution in [0.15, 0.2) is 0 Å². The molecule has 1 amide bonds. The first-order valence-electron chi connectivity index (χ1n) is 5.91. The maximum Gasteiger partial charge on any atom is 0.251 e. The smallest absolute Gasteiger partial charge is 0.251 e. The predicted octanol–water partition coefficient (Wildman–Crippen LogP) is 0.798. The van der Waals surface area contributed by atoms with Gasteiger partial charge in [-0.1, -0.05) is 0 Å². The molecule has 2 heterocycles. The van der Waals surface area contributed by atoms with Crippen molar-refractivity contribution >= 4 is 18.3 Å². The number of carbonyl (C=O) groups is 1. The molecular weight excluding hydrogens is 228 g/mol. The number of halogens is 1. The fourth-order valence-corrected chi connectivity index (χ4v) is 2.27. The summed E-state index contributed by atoms with van der Waals surface area (Å²) < 4.78 is 5.52. The van der Waals surface area contributed by atoms with Crippen molar-refractivity contribution in [2.45, 2.75) is 38.3 Å². The van der Waals surface area contributed by atoms with Gasteiger partial charge in [0, 0.05) is 32.3 Å². The molecule has 2 rings (SSSR count). The van der Waals surface area contributed by atoms with Gasteiger partial charge in [0.1, 0.15) is 6.10 Å². The van der Waals surface area contributed by atoms with Gasteiger partial charge in [0.15, 0.2) is 0 Å². The first kappa shape index (κ1) is 13.7. The molecule has 0 bridgehead atoms. The van der Waals surface area contributed by atoms with Crippen LogP contribution in [0.3, 0.4) is 0 Å². The Morgan fingerprint density at radius 3 is 2.88 bits per heavy atom. The Kier molecular flexibility index (Phi) is 5.52. The zero-order valence-electron chi connectivity index (χ0n) is 9.78. The number of carbonyl (C=O) groups excluding carboxylic acids is 1. The highest BCUT2D eigenvalue weighted by Crippen LogP contribution is 2.15. The van der Waals surface area contributed by atoms with Gasteiger partial charge >= 0.3 is 0 Å². The van der Waals surface area contributed by atoms with Gasteiger partial charge in [-0.15, -0.1) is 12.4 Å². The van der Waals surface area contributed by atoms with Crippen LogP contribution >= 0.6 is 12.4 Å². The fraction of sp³-hybridized carbons (Fsp3) is 0.909. The van der Waals surface area contributed by atoms with Crippen molar-refractivity contribution in [1.82, 2.24) is 10.2 Å². The van der Waals surface area contributed by atoms with Crippen LogP contribution in [0.1, 0.15) is 26.2 Å². The van der Waals surface area contributed by atoms with Gasteiger partial charge in [0.25, 0.3) is 5.91 Å². The summed E-state index contributed by atoms with van der Waals surface area (Å²) >= 11 is 0. The van der Waals surface area contributed by atoms with E-state index in [1.807, 2.05) is 4.90 Å². The van der Waals surface area contributed by atoms with Crippen LogP contribution in [0, 0.1) is 0 Å². The molecule has 1 N–H and O–H groups in total. The Bertz CT molecular complexity index is 232. The van der Waals surface area contributed by atoms with Crippen molar-refractivity contribution in [3.05, 3.63) is 0 Å². The molecule has 2 unspecified atom stereocenters. The van der Waals surface area contributed by atoms with E-state index in [1.54, 1.807) is 0 Å². The molecule has 94 valence electrons. The molecule has 16 heavy (non-hydrogen) atoms. The van der Waals surface area contributed by atoms with Gasteiger partial charge in [0.2, 0.25) is 0 Å². The zero-order chi connectivity index (χ0) is 10.7. The van der Waals surface area contributed by atoms with Gasteiger partial charge in [-0.25, -0.2) is 0 Å². The van der Waals surface area contributed by atoms with Crippen LogP contribution in [0.25, 0.3) is 0 Å². The van der Waals surface area contributed by atoms with Crippen molar-refractivity contribution in [3.63, 3.8) is 0 Å². The minimum atomic E-state index is -0.163. The molecule has 0 aromatic heterocycles. The number of nitrogens with zero attached hydrogens (tertiary/aromatic N) is 1. The minimum absolute atomic E-state index is 0. The Labute approximate surface area is 103 Å². The molecule has 0 aliphatic carbocycles. The van der Waals surface area contributed by atoms with Crippen LogP contribution in [0.5, 0.6) is 0 Å². The van der Waals surface area contributed by atoms with Gasteiger partial charge in [-0.05, 0) is 26.2 Å². The van der Waals surface area contributed by atoms with Crippen molar-refractivity contribution < 1.29 is 9.53 Å². The maximum absolute atomic E-state index is 12.1. The Balaban J connectivity index is 0.00000128. The van der Waals surface area contributed by atoms with Crippen LogP contribution in [0.4, 0.5) is 0 Å². The second kappa shape index (κ2) is 6.42. The third-order valence-corrected chi connectivity index (χ3v) is 3.14. The lowest BCUT2D eigenvalue weighted by Gasteiger charge is -2.35. The molecule has 0 saturated carbocycles. The number of ether oxygens (including phenoxy) is 1. The summed E-state index contributed by atoms with van der Waals surface area (Å²) in [5, 5.41) is 3.34. The number of nitrogens with one attached hydrogen (secondary N) is 1. The van der Waals surface area contributed by atoms with Crippen LogP contribution in [-0.2, 0) is 9.53 Å². The molecule has 2 atom stereocenters. The summed E-state index contributed by atoms with van der Waals surface area (Å²) in [6, 6.07) is 0.409. The molecule has 2 fully saturated rings. The number of amides is 1. The van der Waals surface area contributed by atoms with E-state index in [0.717, 1.165) is 45.5 Å². The monoisotopic (exact) mass is 248 g/mol. The second-order valence-corrected chi connectivity index (χ2v) is 4.49. The number of rotatable bonds is 1. The van der Waals surface area contributed by atoms with E-state index in [9.17, 15) is 4.79 Å². The maximum atomic E-state index is 12.1. The zero-order valence-corrected chi connectivity index (χ0v) is 10.6. The summed E-state index contributed by atoms with van der Waals surface area (Å²) in [6.45, 7) is 5.40. The van der Waals surface area contributed by atoms with E-state index in [1.165, 1.54) is 0 Å². The highest BCUT2D eigenvalue weighted by atomic mass is 35.5. The minimum Gasteiger partial charge on any atom is -0.368 e. The molecule has 4 nitrogen and oxygen atoms in total. The van der Waals surface area contributed by atoms with Crippen molar-refractivity contribution in [2.24, 2.45) is 0 Å². The Morgan fingerprint density at radius 2 is 2.25 bits per heavy atom. The molecule has 2 aliphatic heterocycles. The molecule has 5 heteroatoms. The standard InChI is InChI=1S/C11H20N2O2.ClH/c1-9-8-13(6-5-12-9)11(14)10-4-2-3-7-15-10;/h9-10,12H,2-8H2,1H3;1H. The topological polar surface area (TPSA) is 41.6 Å². The first-order valence-corrected chi connectivity index (χ1v) is 5.91. The van der Waals surface area contributed by atoms with Crippen molar-refractivity contribution in [3.8, 4) is 0 Å². The summed E-state index contributed by atoms with van der Waals surface area (Å²) in [7, 11) is 0. The normalized spacial score (nSPS) is 30.7. The molecule has 0 aromatic rings. The fourth-order valence-electron chi connectivity index (χ4n) is 2.27. The third kappa shape index (κ3) is 3.34. The lowest BCUT2D eigenvalue weighted by Crippen LogP contribution is -2.54. The summed E-state index contributed by atoms with van der Waals surface area (Å²) in [6.07, 6.45) is 2.96. The highest BCUT2D eigenvalue weighted by molar-refractivity contribution is 5.85. The molecular formula is C11H21ClN2O2. The van der Waals surface area contributed by atoms with Crippen LogP contribution in [0.2, 0.25) is 0 Å². The van der Waals surface area contributed by atoms with E-state index in [-0.39, 0.29) is 24.4 Å². The van der Waals surface area contributed by atoms with Gasteiger partial charge in [0.05, 0.1) is 0 Å². The average molecular weight is 249 g/mol. The van der Waals surface area contributed by atoms with Crippen molar-refractivity contribution in [2.75, 3.05) is 26.2 Å². The first-order chi connectivity index (χ1) is 7.27.